The maximum Gasteiger partial charge on any atom is 0.181 e. The van der Waals surface area contributed by atoms with Gasteiger partial charge in [0.05, 0.1) is 4.47 Å². The number of H-pyrrole nitrogens is 1. The molecule has 1 aromatic heterocycles. The number of rotatable bonds is 2. The van der Waals surface area contributed by atoms with Gasteiger partial charge in [0.15, 0.2) is 11.9 Å². The Morgan fingerprint density at radius 3 is 2.64 bits per heavy atom. The summed E-state index contributed by atoms with van der Waals surface area (Å²) in [6, 6.07) is 4.18. The van der Waals surface area contributed by atoms with Crippen molar-refractivity contribution in [3.8, 4) is 0 Å². The fourth-order valence-corrected chi connectivity index (χ4v) is 1.25. The van der Waals surface area contributed by atoms with E-state index in [1.54, 1.807) is 0 Å². The van der Waals surface area contributed by atoms with Crippen LogP contribution in [0.15, 0.2) is 22.8 Å². The maximum atomic E-state index is 3.38. The molecule has 0 bridgehead atoms. The Balaban J connectivity index is 2.66. The molecule has 0 fully saturated rings. The average Bonchev–Trinajstić information content (AvgIpc) is 1.93. The van der Waals surface area contributed by atoms with Crippen molar-refractivity contribution in [1.82, 2.24) is 0 Å². The molecule has 0 radical (unpaired) electrons. The van der Waals surface area contributed by atoms with Crippen LogP contribution in [0.3, 0.4) is 0 Å². The monoisotopic (exact) mass is 214 g/mol. The zero-order valence-corrected chi connectivity index (χ0v) is 8.48. The van der Waals surface area contributed by atoms with Crippen LogP contribution in [-0.4, -0.2) is 0 Å². The highest BCUT2D eigenvalue weighted by Crippen LogP contribution is 2.07. The van der Waals surface area contributed by atoms with E-state index in [1.165, 1.54) is 5.69 Å². The second-order valence-electron chi connectivity index (χ2n) is 3.13. The molecular weight excluding hydrogens is 202 g/mol. The standard InChI is InChI=1S/C9H12BrN/c1-7(2)5-9-4-3-8(10)6-11-9/h3-4,6-7H,5H2,1-2H3/p+1. The largest absolute Gasteiger partial charge is 0.214 e. The van der Waals surface area contributed by atoms with Gasteiger partial charge >= 0.3 is 0 Å². The van der Waals surface area contributed by atoms with Crippen molar-refractivity contribution in [3.63, 3.8) is 0 Å². The van der Waals surface area contributed by atoms with Crippen molar-refractivity contribution in [3.05, 3.63) is 28.5 Å². The summed E-state index contributed by atoms with van der Waals surface area (Å²) in [5.41, 5.74) is 1.29. The van der Waals surface area contributed by atoms with E-state index in [9.17, 15) is 0 Å². The first kappa shape index (κ1) is 8.72. The Labute approximate surface area is 76.0 Å². The van der Waals surface area contributed by atoms with Crippen LogP contribution >= 0.6 is 15.9 Å². The lowest BCUT2D eigenvalue weighted by atomic mass is 10.1. The minimum atomic E-state index is 0.715. The van der Waals surface area contributed by atoms with Crippen LogP contribution in [0.4, 0.5) is 0 Å². The lowest BCUT2D eigenvalue weighted by Gasteiger charge is -1.97. The molecule has 1 rings (SSSR count). The van der Waals surface area contributed by atoms with Crippen molar-refractivity contribution in [1.29, 1.82) is 0 Å². The van der Waals surface area contributed by atoms with Gasteiger partial charge in [-0.25, -0.2) is 4.98 Å². The van der Waals surface area contributed by atoms with Crippen LogP contribution in [-0.2, 0) is 6.42 Å². The molecule has 0 aromatic carbocycles. The first-order valence-corrected chi connectivity index (χ1v) is 4.64. The molecular formula is C9H13BrN+. The summed E-state index contributed by atoms with van der Waals surface area (Å²) in [4.78, 5) is 3.22. The molecule has 0 unspecified atom stereocenters. The van der Waals surface area contributed by atoms with Crippen LogP contribution in [0.25, 0.3) is 0 Å². The molecule has 0 saturated carbocycles. The highest BCUT2D eigenvalue weighted by atomic mass is 79.9. The van der Waals surface area contributed by atoms with Crippen LogP contribution in [0.2, 0.25) is 0 Å². The summed E-state index contributed by atoms with van der Waals surface area (Å²) >= 11 is 3.38. The summed E-state index contributed by atoms with van der Waals surface area (Å²) in [7, 11) is 0. The third-order valence-electron chi connectivity index (χ3n) is 1.47. The van der Waals surface area contributed by atoms with Gasteiger partial charge in [0.25, 0.3) is 0 Å². The zero-order chi connectivity index (χ0) is 8.27. The number of nitrogens with one attached hydrogen (secondary N) is 1. The number of halogens is 1. The van der Waals surface area contributed by atoms with E-state index in [2.05, 4.69) is 46.9 Å². The number of hydrogen-bond acceptors (Lipinski definition) is 0. The number of aromatic amines is 1. The quantitative estimate of drug-likeness (QED) is 0.719. The van der Waals surface area contributed by atoms with E-state index in [0.717, 1.165) is 10.9 Å². The van der Waals surface area contributed by atoms with Crippen molar-refractivity contribution in [2.75, 3.05) is 0 Å². The van der Waals surface area contributed by atoms with Gasteiger partial charge in [0.2, 0.25) is 0 Å². The third-order valence-corrected chi connectivity index (χ3v) is 1.96. The lowest BCUT2D eigenvalue weighted by Crippen LogP contribution is -2.12. The molecule has 11 heavy (non-hydrogen) atoms. The summed E-state index contributed by atoms with van der Waals surface area (Å²) in [6.45, 7) is 4.44. The highest BCUT2D eigenvalue weighted by molar-refractivity contribution is 9.10. The molecule has 1 N–H and O–H groups in total. The van der Waals surface area contributed by atoms with Crippen molar-refractivity contribution < 1.29 is 4.98 Å². The smallest absolute Gasteiger partial charge is 0.181 e. The van der Waals surface area contributed by atoms with Gasteiger partial charge in [-0.15, -0.1) is 0 Å². The number of pyridine rings is 1. The Morgan fingerprint density at radius 1 is 1.45 bits per heavy atom. The second kappa shape index (κ2) is 3.86. The molecule has 0 amide bonds. The molecule has 2 heteroatoms. The Hall–Kier alpha value is -0.370. The second-order valence-corrected chi connectivity index (χ2v) is 4.05. The van der Waals surface area contributed by atoms with Gasteiger partial charge in [-0.2, -0.15) is 0 Å². The Kier molecular flexibility index (Phi) is 3.06. The normalized spacial score (nSPS) is 10.5. The predicted molar refractivity (Wildman–Crippen MR) is 49.2 cm³/mol. The number of hydrogen-bond donors (Lipinski definition) is 0. The van der Waals surface area contributed by atoms with Crippen LogP contribution in [0.1, 0.15) is 19.5 Å². The van der Waals surface area contributed by atoms with Crippen LogP contribution in [0.5, 0.6) is 0 Å². The number of aromatic nitrogens is 1. The van der Waals surface area contributed by atoms with E-state index in [1.807, 2.05) is 6.20 Å². The first-order valence-electron chi connectivity index (χ1n) is 3.84. The molecule has 0 aliphatic rings. The van der Waals surface area contributed by atoms with E-state index in [4.69, 9.17) is 0 Å². The Morgan fingerprint density at radius 2 is 2.18 bits per heavy atom. The van der Waals surface area contributed by atoms with Crippen molar-refractivity contribution in [2.24, 2.45) is 5.92 Å². The lowest BCUT2D eigenvalue weighted by molar-refractivity contribution is -0.391. The zero-order valence-electron chi connectivity index (χ0n) is 6.89. The average molecular weight is 215 g/mol. The third kappa shape index (κ3) is 3.02. The first-order chi connectivity index (χ1) is 5.18. The molecule has 0 atom stereocenters. The molecule has 1 aromatic rings. The summed E-state index contributed by atoms with van der Waals surface area (Å²) in [6.07, 6.45) is 3.09. The minimum absolute atomic E-state index is 0.715. The summed E-state index contributed by atoms with van der Waals surface area (Å²) in [5.74, 6) is 0.715. The van der Waals surface area contributed by atoms with E-state index >= 15 is 0 Å². The summed E-state index contributed by atoms with van der Waals surface area (Å²) in [5, 5.41) is 0. The van der Waals surface area contributed by atoms with E-state index < -0.39 is 0 Å². The fourth-order valence-electron chi connectivity index (χ4n) is 1.00. The Bertz CT molecular complexity index is 216. The van der Waals surface area contributed by atoms with Crippen LogP contribution < -0.4 is 4.98 Å². The van der Waals surface area contributed by atoms with Gasteiger partial charge in [0.1, 0.15) is 0 Å². The van der Waals surface area contributed by atoms with Gasteiger partial charge < -0.3 is 0 Å². The van der Waals surface area contributed by atoms with Gasteiger partial charge in [-0.1, -0.05) is 13.8 Å². The predicted octanol–water partition coefficient (Wildman–Crippen LogP) is 2.46. The van der Waals surface area contributed by atoms with Crippen LogP contribution in [0, 0.1) is 5.92 Å². The van der Waals surface area contributed by atoms with Gasteiger partial charge in [0, 0.05) is 12.5 Å². The van der Waals surface area contributed by atoms with Gasteiger partial charge in [-0.05, 0) is 27.9 Å². The van der Waals surface area contributed by atoms with E-state index in [-0.39, 0.29) is 0 Å². The molecule has 1 nitrogen and oxygen atoms in total. The molecule has 60 valence electrons. The molecule has 0 spiro atoms. The molecule has 0 aliphatic heterocycles. The molecule has 1 heterocycles. The van der Waals surface area contributed by atoms with E-state index in [0.29, 0.717) is 5.92 Å². The molecule has 0 saturated heterocycles. The fraction of sp³-hybridized carbons (Fsp3) is 0.444. The van der Waals surface area contributed by atoms with Gasteiger partial charge in [-0.3, -0.25) is 0 Å². The van der Waals surface area contributed by atoms with Crippen molar-refractivity contribution >= 4 is 15.9 Å². The topological polar surface area (TPSA) is 14.1 Å². The molecule has 0 aliphatic carbocycles. The minimum Gasteiger partial charge on any atom is -0.214 e. The highest BCUT2D eigenvalue weighted by Gasteiger charge is 2.03. The van der Waals surface area contributed by atoms with Crippen molar-refractivity contribution in [2.45, 2.75) is 20.3 Å². The summed E-state index contributed by atoms with van der Waals surface area (Å²) < 4.78 is 1.10. The maximum absolute atomic E-state index is 3.38. The SMILES string of the molecule is CC(C)Cc1ccc(Br)c[nH+]1.